The van der Waals surface area contributed by atoms with Crippen LogP contribution in [0.25, 0.3) is 0 Å². The number of ether oxygens (including phenoxy) is 4. The standard InChI is InChI=1S/C25H38F2N4O9/c1-7-8-9-12-37-22(35)29-16-10-11-31(21(34)28-16)20-25(26,27)18(32)15(39-20)13-38-19(33)17(14(2)3)30-23(36)40-24(4,5)6/h10-11,14-15,17-18,20,32H,7-9,12-13H2,1-6H3,(H,30,36)(H,28,29,34,35)/t15-,17?,18-,20-/m1/s1. The van der Waals surface area contributed by atoms with Gasteiger partial charge in [0.1, 0.15) is 30.2 Å². The molecule has 0 radical (unpaired) electrons. The first-order valence-electron chi connectivity index (χ1n) is 13.0. The first-order chi connectivity index (χ1) is 18.6. The molecule has 2 heterocycles. The number of rotatable bonds is 11. The molecule has 0 aliphatic carbocycles. The number of aromatic nitrogens is 2. The van der Waals surface area contributed by atoms with Crippen LogP contribution in [0.15, 0.2) is 17.1 Å². The summed E-state index contributed by atoms with van der Waals surface area (Å²) in [6.07, 6.45) is -4.79. The zero-order chi connectivity index (χ0) is 30.3. The van der Waals surface area contributed by atoms with Gasteiger partial charge >= 0.3 is 29.8 Å². The number of nitrogens with zero attached hydrogens (tertiary/aromatic N) is 2. The summed E-state index contributed by atoms with van der Waals surface area (Å²) in [5.74, 6) is -5.61. The summed E-state index contributed by atoms with van der Waals surface area (Å²) >= 11 is 0. The molecule has 1 aromatic rings. The van der Waals surface area contributed by atoms with Gasteiger partial charge in [-0.05, 0) is 39.2 Å². The second kappa shape index (κ2) is 13.8. The Morgan fingerprint density at radius 2 is 1.88 bits per heavy atom. The molecular formula is C25H38F2N4O9. The highest BCUT2D eigenvalue weighted by Crippen LogP contribution is 2.42. The summed E-state index contributed by atoms with van der Waals surface area (Å²) in [5.41, 5.74) is -2.02. The van der Waals surface area contributed by atoms with E-state index in [0.717, 1.165) is 25.1 Å². The van der Waals surface area contributed by atoms with E-state index in [2.05, 4.69) is 15.6 Å². The second-order valence-corrected chi connectivity index (χ2v) is 10.6. The average Bonchev–Trinajstić information content (AvgIpc) is 3.06. The predicted molar refractivity (Wildman–Crippen MR) is 137 cm³/mol. The third kappa shape index (κ3) is 9.11. The number of hydrogen-bond acceptors (Lipinski definition) is 10. The minimum Gasteiger partial charge on any atom is -0.461 e. The lowest BCUT2D eigenvalue weighted by atomic mass is 10.0. The van der Waals surface area contributed by atoms with Crippen LogP contribution in [0.2, 0.25) is 0 Å². The molecule has 1 aliphatic rings. The van der Waals surface area contributed by atoms with Crippen molar-refractivity contribution in [3.63, 3.8) is 0 Å². The van der Waals surface area contributed by atoms with Crippen LogP contribution in [0.4, 0.5) is 24.2 Å². The summed E-state index contributed by atoms with van der Waals surface area (Å²) in [6, 6.07) is -0.0846. The summed E-state index contributed by atoms with van der Waals surface area (Å²) in [5, 5.41) is 14.8. The third-order valence-electron chi connectivity index (χ3n) is 5.66. The molecule has 1 unspecified atom stereocenters. The summed E-state index contributed by atoms with van der Waals surface area (Å²) in [6.45, 7) is 9.52. The molecular weight excluding hydrogens is 538 g/mol. The largest absolute Gasteiger partial charge is 0.461 e. The first-order valence-corrected chi connectivity index (χ1v) is 13.0. The van der Waals surface area contributed by atoms with E-state index >= 15 is 0 Å². The van der Waals surface area contributed by atoms with Crippen LogP contribution in [0, 0.1) is 5.92 Å². The number of aliphatic hydroxyl groups is 1. The minimum atomic E-state index is -3.97. The van der Waals surface area contributed by atoms with E-state index in [9.17, 15) is 33.1 Å². The normalized spacial score (nSPS) is 21.0. The van der Waals surface area contributed by atoms with Crippen molar-refractivity contribution in [3.8, 4) is 0 Å². The Morgan fingerprint density at radius 3 is 2.45 bits per heavy atom. The van der Waals surface area contributed by atoms with Gasteiger partial charge in [0.2, 0.25) is 6.23 Å². The fourth-order valence-corrected chi connectivity index (χ4v) is 3.61. The predicted octanol–water partition coefficient (Wildman–Crippen LogP) is 2.97. The maximum absolute atomic E-state index is 14.9. The van der Waals surface area contributed by atoms with Crippen molar-refractivity contribution in [2.75, 3.05) is 18.5 Å². The number of alkyl halides is 2. The molecule has 0 bridgehead atoms. The number of esters is 1. The van der Waals surface area contributed by atoms with E-state index in [1.54, 1.807) is 34.6 Å². The molecule has 13 nitrogen and oxygen atoms in total. The Morgan fingerprint density at radius 1 is 1.20 bits per heavy atom. The van der Waals surface area contributed by atoms with Crippen LogP contribution in [-0.2, 0) is 23.7 Å². The van der Waals surface area contributed by atoms with Gasteiger partial charge < -0.3 is 29.4 Å². The van der Waals surface area contributed by atoms with Crippen molar-refractivity contribution >= 4 is 24.0 Å². The third-order valence-corrected chi connectivity index (χ3v) is 5.66. The van der Waals surface area contributed by atoms with E-state index in [4.69, 9.17) is 18.9 Å². The quantitative estimate of drug-likeness (QED) is 0.202. The van der Waals surface area contributed by atoms with Gasteiger partial charge in [-0.25, -0.2) is 19.2 Å². The van der Waals surface area contributed by atoms with Crippen LogP contribution >= 0.6 is 0 Å². The Bertz CT molecular complexity index is 1090. The van der Waals surface area contributed by atoms with E-state index in [-0.39, 0.29) is 12.4 Å². The summed E-state index contributed by atoms with van der Waals surface area (Å²) < 4.78 is 50.6. The molecule has 1 aromatic heterocycles. The highest BCUT2D eigenvalue weighted by Gasteiger charge is 2.60. The summed E-state index contributed by atoms with van der Waals surface area (Å²) in [4.78, 5) is 52.5. The highest BCUT2D eigenvalue weighted by molar-refractivity contribution is 5.83. The van der Waals surface area contributed by atoms with Gasteiger partial charge in [-0.1, -0.05) is 33.6 Å². The maximum atomic E-state index is 14.9. The molecule has 1 aliphatic heterocycles. The monoisotopic (exact) mass is 576 g/mol. The number of nitrogens with one attached hydrogen (secondary N) is 2. The molecule has 40 heavy (non-hydrogen) atoms. The molecule has 0 saturated carbocycles. The van der Waals surface area contributed by atoms with Crippen LogP contribution in [0.1, 0.15) is 67.0 Å². The Labute approximate surface area is 230 Å². The van der Waals surface area contributed by atoms with E-state index in [0.29, 0.717) is 11.0 Å². The molecule has 1 saturated heterocycles. The zero-order valence-corrected chi connectivity index (χ0v) is 23.4. The van der Waals surface area contributed by atoms with Gasteiger partial charge in [0.05, 0.1) is 6.61 Å². The lowest BCUT2D eigenvalue weighted by Gasteiger charge is -2.25. The second-order valence-electron chi connectivity index (χ2n) is 10.6. The van der Waals surface area contributed by atoms with Crippen LogP contribution < -0.4 is 16.3 Å². The molecule has 0 aromatic carbocycles. The van der Waals surface area contributed by atoms with Crippen LogP contribution in [0.3, 0.4) is 0 Å². The fourth-order valence-electron chi connectivity index (χ4n) is 3.61. The number of unbranched alkanes of at least 4 members (excludes halogenated alkanes) is 2. The van der Waals surface area contributed by atoms with Crippen molar-refractivity contribution in [2.45, 2.75) is 96.8 Å². The Kier molecular flexibility index (Phi) is 11.4. The molecule has 226 valence electrons. The SMILES string of the molecule is CCCCCOC(=O)Nc1ccn([C@@H]2O[C@H](COC(=O)C(NC(=O)OC(C)(C)C)C(C)C)[C@@H](O)C2(F)F)c(=O)n1. The number of amides is 2. The fraction of sp³-hybridized carbons (Fsp3) is 0.720. The lowest BCUT2D eigenvalue weighted by molar-refractivity contribution is -0.154. The maximum Gasteiger partial charge on any atom is 0.412 e. The van der Waals surface area contributed by atoms with Crippen LogP contribution in [0.5, 0.6) is 0 Å². The topological polar surface area (TPSA) is 167 Å². The number of carbonyl (C=O) groups is 3. The number of anilines is 1. The Balaban J connectivity index is 2.04. The van der Waals surface area contributed by atoms with Crippen molar-refractivity contribution < 1.29 is 47.2 Å². The van der Waals surface area contributed by atoms with Gasteiger partial charge in [0.25, 0.3) is 0 Å². The number of carbonyl (C=O) groups excluding carboxylic acids is 3. The van der Waals surface area contributed by atoms with Gasteiger partial charge in [0, 0.05) is 6.20 Å². The van der Waals surface area contributed by atoms with Crippen molar-refractivity contribution in [1.82, 2.24) is 14.9 Å². The van der Waals surface area contributed by atoms with Crippen molar-refractivity contribution in [1.29, 1.82) is 0 Å². The van der Waals surface area contributed by atoms with E-state index < -0.39 is 72.4 Å². The lowest BCUT2D eigenvalue weighted by Crippen LogP contribution is -2.48. The summed E-state index contributed by atoms with van der Waals surface area (Å²) in [7, 11) is 0. The van der Waals surface area contributed by atoms with Gasteiger partial charge in [-0.3, -0.25) is 9.88 Å². The van der Waals surface area contributed by atoms with Gasteiger partial charge in [-0.2, -0.15) is 13.8 Å². The Hall–Kier alpha value is -3.33. The van der Waals surface area contributed by atoms with Crippen LogP contribution in [-0.4, -0.2) is 75.8 Å². The smallest absolute Gasteiger partial charge is 0.412 e. The van der Waals surface area contributed by atoms with E-state index in [1.165, 1.54) is 0 Å². The molecule has 15 heteroatoms. The number of alkyl carbamates (subject to hydrolysis) is 1. The van der Waals surface area contributed by atoms with E-state index in [1.807, 2.05) is 6.92 Å². The molecule has 2 rings (SSSR count). The van der Waals surface area contributed by atoms with Gasteiger partial charge in [-0.15, -0.1) is 0 Å². The molecule has 3 N–H and O–H groups in total. The number of halogens is 2. The number of hydrogen-bond donors (Lipinski definition) is 3. The molecule has 2 amide bonds. The molecule has 4 atom stereocenters. The van der Waals surface area contributed by atoms with Crippen molar-refractivity contribution in [3.05, 3.63) is 22.7 Å². The number of aliphatic hydroxyl groups excluding tert-OH is 1. The first kappa shape index (κ1) is 32.9. The highest BCUT2D eigenvalue weighted by atomic mass is 19.3. The van der Waals surface area contributed by atoms with Crippen molar-refractivity contribution in [2.24, 2.45) is 5.92 Å². The molecule has 1 fully saturated rings. The average molecular weight is 577 g/mol. The zero-order valence-electron chi connectivity index (χ0n) is 23.4. The van der Waals surface area contributed by atoms with Gasteiger partial charge in [0.15, 0.2) is 6.10 Å². The molecule has 0 spiro atoms. The minimum absolute atomic E-state index is 0.164.